The molecule has 0 aliphatic heterocycles. The number of hydrogen-bond acceptors (Lipinski definition) is 4. The Morgan fingerprint density at radius 3 is 2.29 bits per heavy atom. The lowest BCUT2D eigenvalue weighted by molar-refractivity contribution is 0.200. The number of rotatable bonds is 0. The Morgan fingerprint density at radius 1 is 1.21 bits per heavy atom. The summed E-state index contributed by atoms with van der Waals surface area (Å²) in [5.74, 6) is 0.225. The Bertz CT molecular complexity index is 333. The van der Waals surface area contributed by atoms with Gasteiger partial charge in [-0.3, -0.25) is 0 Å². The van der Waals surface area contributed by atoms with Crippen molar-refractivity contribution in [1.29, 1.82) is 0 Å². The minimum absolute atomic E-state index is 0.0239. The van der Waals surface area contributed by atoms with Crippen LogP contribution < -0.4 is 0 Å². The summed E-state index contributed by atoms with van der Waals surface area (Å²) in [6, 6.07) is 0. The van der Waals surface area contributed by atoms with Gasteiger partial charge in [0.15, 0.2) is 0 Å². The first-order valence-corrected chi connectivity index (χ1v) is 4.94. The third-order valence-corrected chi connectivity index (χ3v) is 4.53. The zero-order valence-corrected chi connectivity index (χ0v) is 8.78. The van der Waals surface area contributed by atoms with Gasteiger partial charge >= 0.3 is 0 Å². The summed E-state index contributed by atoms with van der Waals surface area (Å²) in [7, 11) is 0. The molecule has 0 saturated heterocycles. The molecule has 0 aromatic carbocycles. The lowest BCUT2D eigenvalue weighted by atomic mass is 9.70. The van der Waals surface area contributed by atoms with Crippen LogP contribution in [-0.2, 0) is 0 Å². The Morgan fingerprint density at radius 2 is 1.86 bits per heavy atom. The fourth-order valence-electron chi connectivity index (χ4n) is 3.13. The second kappa shape index (κ2) is 2.49. The summed E-state index contributed by atoms with van der Waals surface area (Å²) in [4.78, 5) is 0. The van der Waals surface area contributed by atoms with Crippen molar-refractivity contribution in [2.24, 2.45) is 27.1 Å². The second-order valence-corrected chi connectivity index (χ2v) is 5.08. The van der Waals surface area contributed by atoms with Crippen LogP contribution in [0.4, 0.5) is 0 Å². The van der Waals surface area contributed by atoms with Gasteiger partial charge in [-0.2, -0.15) is 0 Å². The molecule has 2 aliphatic rings. The zero-order chi connectivity index (χ0) is 10.6. The van der Waals surface area contributed by atoms with E-state index in [1.165, 1.54) is 0 Å². The van der Waals surface area contributed by atoms with Gasteiger partial charge in [-0.25, -0.2) is 0 Å². The highest BCUT2D eigenvalue weighted by Gasteiger charge is 2.64. The predicted octanol–water partition coefficient (Wildman–Crippen LogP) is 2.10. The summed E-state index contributed by atoms with van der Waals surface area (Å²) < 4.78 is 0. The molecule has 2 atom stereocenters. The van der Waals surface area contributed by atoms with E-state index >= 15 is 0 Å². The van der Waals surface area contributed by atoms with Gasteiger partial charge in [0.25, 0.3) is 0 Å². The van der Waals surface area contributed by atoms with Crippen molar-refractivity contribution in [3.05, 3.63) is 0 Å². The molecular weight excluding hydrogens is 180 g/mol. The highest BCUT2D eigenvalue weighted by molar-refractivity contribution is 6.47. The van der Waals surface area contributed by atoms with Crippen LogP contribution in [0.5, 0.6) is 0 Å². The van der Waals surface area contributed by atoms with Gasteiger partial charge in [0, 0.05) is 11.3 Å². The quantitative estimate of drug-likeness (QED) is 0.460. The first-order valence-electron chi connectivity index (χ1n) is 4.94. The van der Waals surface area contributed by atoms with Gasteiger partial charge < -0.3 is 10.4 Å². The molecule has 4 heteroatoms. The fourth-order valence-corrected chi connectivity index (χ4v) is 3.13. The largest absolute Gasteiger partial charge is 0.411 e. The average molecular weight is 196 g/mol. The van der Waals surface area contributed by atoms with Crippen molar-refractivity contribution in [2.75, 3.05) is 0 Å². The predicted molar refractivity (Wildman–Crippen MR) is 53.1 cm³/mol. The summed E-state index contributed by atoms with van der Waals surface area (Å²) in [5.41, 5.74) is 1.02. The van der Waals surface area contributed by atoms with Crippen LogP contribution in [0.2, 0.25) is 0 Å². The van der Waals surface area contributed by atoms with E-state index in [0.717, 1.165) is 12.8 Å². The van der Waals surface area contributed by atoms with E-state index in [1.807, 2.05) is 0 Å². The van der Waals surface area contributed by atoms with Crippen LogP contribution in [0.3, 0.4) is 0 Å². The van der Waals surface area contributed by atoms with Gasteiger partial charge in [0.1, 0.15) is 11.4 Å². The normalized spacial score (nSPS) is 45.2. The summed E-state index contributed by atoms with van der Waals surface area (Å²) in [6.07, 6.45) is 2.02. The maximum Gasteiger partial charge on any atom is 0.111 e. The number of fused-ring (bicyclic) bond motifs is 2. The molecule has 2 aliphatic carbocycles. The first-order chi connectivity index (χ1) is 6.49. The lowest BCUT2D eigenvalue weighted by Crippen LogP contribution is -2.33. The molecule has 14 heavy (non-hydrogen) atoms. The maximum absolute atomic E-state index is 8.98. The van der Waals surface area contributed by atoms with Crippen molar-refractivity contribution in [3.8, 4) is 0 Å². The summed E-state index contributed by atoms with van der Waals surface area (Å²) in [5, 5.41) is 24.5. The molecule has 0 amide bonds. The molecule has 0 heterocycles. The molecule has 78 valence electrons. The number of oxime groups is 2. The first kappa shape index (κ1) is 9.49. The standard InChI is InChI=1S/C10H16N2O2/c1-9(2)6-4-5-10(9,3)8(12-14)7(6)11-13/h6,13-14H,4-5H2,1-3H3/b11-7?,12-8-. The van der Waals surface area contributed by atoms with E-state index in [2.05, 4.69) is 31.1 Å². The van der Waals surface area contributed by atoms with Gasteiger partial charge in [-0.05, 0) is 18.3 Å². The Labute approximate surface area is 83.3 Å². The number of nitrogens with zero attached hydrogens (tertiary/aromatic N) is 2. The van der Waals surface area contributed by atoms with E-state index in [9.17, 15) is 0 Å². The van der Waals surface area contributed by atoms with Crippen molar-refractivity contribution in [2.45, 2.75) is 33.6 Å². The SMILES string of the molecule is CC12CCC(C(=NO)/C1=N/O)C2(C)C. The minimum Gasteiger partial charge on any atom is -0.411 e. The lowest BCUT2D eigenvalue weighted by Gasteiger charge is -2.32. The Kier molecular flexibility index (Phi) is 1.69. The van der Waals surface area contributed by atoms with Crippen molar-refractivity contribution < 1.29 is 10.4 Å². The molecule has 2 saturated carbocycles. The molecule has 0 spiro atoms. The highest BCUT2D eigenvalue weighted by Crippen LogP contribution is 2.62. The van der Waals surface area contributed by atoms with Crippen LogP contribution >= 0.6 is 0 Å². The molecule has 2 rings (SSSR count). The highest BCUT2D eigenvalue weighted by atomic mass is 16.4. The third kappa shape index (κ3) is 0.751. The molecular formula is C10H16N2O2. The van der Waals surface area contributed by atoms with Gasteiger partial charge in [-0.15, -0.1) is 0 Å². The molecule has 2 bridgehead atoms. The van der Waals surface area contributed by atoms with Crippen LogP contribution in [0.15, 0.2) is 10.3 Å². The molecule has 0 aromatic heterocycles. The molecule has 2 fully saturated rings. The van der Waals surface area contributed by atoms with E-state index in [1.54, 1.807) is 0 Å². The second-order valence-electron chi connectivity index (χ2n) is 5.08. The Balaban J connectivity index is 2.60. The zero-order valence-electron chi connectivity index (χ0n) is 8.78. The summed E-state index contributed by atoms with van der Waals surface area (Å²) in [6.45, 7) is 6.38. The molecule has 0 aromatic rings. The summed E-state index contributed by atoms with van der Waals surface area (Å²) >= 11 is 0. The number of hydrogen-bond donors (Lipinski definition) is 2. The van der Waals surface area contributed by atoms with Crippen LogP contribution in [0.25, 0.3) is 0 Å². The van der Waals surface area contributed by atoms with E-state index < -0.39 is 0 Å². The van der Waals surface area contributed by atoms with Crippen molar-refractivity contribution in [3.63, 3.8) is 0 Å². The van der Waals surface area contributed by atoms with E-state index in [4.69, 9.17) is 10.4 Å². The van der Waals surface area contributed by atoms with Crippen LogP contribution in [-0.4, -0.2) is 21.8 Å². The average Bonchev–Trinajstić information content (AvgIpc) is 2.46. The monoisotopic (exact) mass is 196 g/mol. The third-order valence-electron chi connectivity index (χ3n) is 4.53. The minimum atomic E-state index is -0.145. The Hall–Kier alpha value is -1.06. The molecule has 2 N–H and O–H groups in total. The van der Waals surface area contributed by atoms with Crippen molar-refractivity contribution >= 4 is 11.4 Å². The molecule has 2 unspecified atom stereocenters. The van der Waals surface area contributed by atoms with E-state index in [0.29, 0.717) is 11.4 Å². The fraction of sp³-hybridized carbons (Fsp3) is 0.800. The van der Waals surface area contributed by atoms with Gasteiger partial charge in [-0.1, -0.05) is 31.1 Å². The molecule has 4 nitrogen and oxygen atoms in total. The maximum atomic E-state index is 8.98. The van der Waals surface area contributed by atoms with Gasteiger partial charge in [0.2, 0.25) is 0 Å². The van der Waals surface area contributed by atoms with Crippen LogP contribution in [0, 0.1) is 16.7 Å². The molecule has 0 radical (unpaired) electrons. The smallest absolute Gasteiger partial charge is 0.111 e. The van der Waals surface area contributed by atoms with Crippen molar-refractivity contribution in [1.82, 2.24) is 0 Å². The van der Waals surface area contributed by atoms with E-state index in [-0.39, 0.29) is 16.7 Å². The van der Waals surface area contributed by atoms with Gasteiger partial charge in [0.05, 0.1) is 0 Å². The topological polar surface area (TPSA) is 65.2 Å². The van der Waals surface area contributed by atoms with Crippen LogP contribution in [0.1, 0.15) is 33.6 Å².